The van der Waals surface area contributed by atoms with E-state index in [0.717, 1.165) is 29.9 Å². The minimum absolute atomic E-state index is 0.0413. The Morgan fingerprint density at radius 3 is 2.37 bits per heavy atom. The lowest BCUT2D eigenvalue weighted by atomic mass is 10.1. The van der Waals surface area contributed by atoms with Gasteiger partial charge in [-0.25, -0.2) is 5.43 Å². The van der Waals surface area contributed by atoms with E-state index in [2.05, 4.69) is 34.6 Å². The average Bonchev–Trinajstić information content (AvgIpc) is 3.47. The fourth-order valence-corrected chi connectivity index (χ4v) is 4.35. The molecule has 210 valence electrons. The molecule has 0 fully saturated rings. The molecule has 1 heterocycles. The Balaban J connectivity index is 1.51. The van der Waals surface area contributed by atoms with Gasteiger partial charge in [0.2, 0.25) is 0 Å². The predicted octanol–water partition coefficient (Wildman–Crippen LogP) is 6.38. The third kappa shape index (κ3) is 7.64. The lowest BCUT2D eigenvalue weighted by molar-refractivity contribution is -0.117. The Bertz CT molecular complexity index is 1540. The predicted molar refractivity (Wildman–Crippen MR) is 163 cm³/mol. The number of hydrogen-bond donors (Lipinski definition) is 2. The Morgan fingerprint density at radius 1 is 0.976 bits per heavy atom. The van der Waals surface area contributed by atoms with Crippen LogP contribution >= 0.6 is 11.6 Å². The number of furan rings is 1. The summed E-state index contributed by atoms with van der Waals surface area (Å²) in [6, 6.07) is 25.2. The van der Waals surface area contributed by atoms with Gasteiger partial charge in [-0.3, -0.25) is 9.59 Å². The van der Waals surface area contributed by atoms with Crippen LogP contribution in [0.15, 0.2) is 100 Å². The molecule has 0 radical (unpaired) electrons. The number of hydrogen-bond acceptors (Lipinski definition) is 6. The Kier molecular flexibility index (Phi) is 9.96. The third-order valence-corrected chi connectivity index (χ3v) is 6.58. The average molecular weight is 571 g/mol. The van der Waals surface area contributed by atoms with Crippen molar-refractivity contribution in [3.63, 3.8) is 0 Å². The molecule has 0 aliphatic carbocycles. The Labute approximate surface area is 244 Å². The van der Waals surface area contributed by atoms with Crippen LogP contribution in [-0.4, -0.2) is 38.2 Å². The number of anilines is 1. The summed E-state index contributed by atoms with van der Waals surface area (Å²) in [5.41, 5.74) is 5.52. The van der Waals surface area contributed by atoms with Gasteiger partial charge >= 0.3 is 0 Å². The molecule has 2 amide bonds. The molecule has 9 heteroatoms. The molecule has 0 saturated carbocycles. The fourth-order valence-electron chi connectivity index (χ4n) is 4.09. The molecule has 41 heavy (non-hydrogen) atoms. The Hall–Kier alpha value is -4.82. The van der Waals surface area contributed by atoms with Crippen molar-refractivity contribution in [3.05, 3.63) is 113 Å². The highest BCUT2D eigenvalue weighted by Crippen LogP contribution is 2.30. The van der Waals surface area contributed by atoms with Crippen LogP contribution < -0.4 is 20.4 Å². The summed E-state index contributed by atoms with van der Waals surface area (Å²) in [6.45, 7) is 5.96. The number of methoxy groups -OCH3 is 1. The van der Waals surface area contributed by atoms with Gasteiger partial charge in [-0.2, -0.15) is 5.10 Å². The van der Waals surface area contributed by atoms with Crippen molar-refractivity contribution in [3.8, 4) is 17.1 Å². The van der Waals surface area contributed by atoms with Crippen molar-refractivity contribution in [2.75, 3.05) is 25.1 Å². The van der Waals surface area contributed by atoms with Gasteiger partial charge in [0, 0.05) is 29.9 Å². The van der Waals surface area contributed by atoms with E-state index in [4.69, 9.17) is 20.8 Å². The number of ether oxygens (including phenoxy) is 1. The second-order valence-electron chi connectivity index (χ2n) is 8.89. The maximum atomic E-state index is 13.1. The van der Waals surface area contributed by atoms with E-state index in [0.29, 0.717) is 27.9 Å². The molecule has 8 nitrogen and oxygen atoms in total. The maximum Gasteiger partial charge on any atom is 0.287 e. The van der Waals surface area contributed by atoms with E-state index in [-0.39, 0.29) is 5.70 Å². The van der Waals surface area contributed by atoms with Crippen molar-refractivity contribution >= 4 is 41.4 Å². The highest BCUT2D eigenvalue weighted by Gasteiger charge is 2.15. The lowest BCUT2D eigenvalue weighted by Gasteiger charge is -2.20. The third-order valence-electron chi connectivity index (χ3n) is 6.28. The second-order valence-corrected chi connectivity index (χ2v) is 9.30. The van der Waals surface area contributed by atoms with Gasteiger partial charge in [0.05, 0.1) is 18.3 Å². The molecule has 2 N–H and O–H groups in total. The minimum Gasteiger partial charge on any atom is -0.495 e. The van der Waals surface area contributed by atoms with E-state index in [1.807, 2.05) is 36.4 Å². The van der Waals surface area contributed by atoms with Gasteiger partial charge in [-0.1, -0.05) is 41.9 Å². The molecule has 0 saturated heterocycles. The second kappa shape index (κ2) is 14.0. The van der Waals surface area contributed by atoms with Crippen LogP contribution in [0.3, 0.4) is 0 Å². The molecule has 0 bridgehead atoms. The van der Waals surface area contributed by atoms with Crippen LogP contribution in [0.5, 0.6) is 5.75 Å². The summed E-state index contributed by atoms with van der Waals surface area (Å²) in [4.78, 5) is 28.2. The quantitative estimate of drug-likeness (QED) is 0.124. The highest BCUT2D eigenvalue weighted by atomic mass is 35.5. The summed E-state index contributed by atoms with van der Waals surface area (Å²) in [5.74, 6) is 0.551. The zero-order valence-electron chi connectivity index (χ0n) is 23.1. The lowest BCUT2D eigenvalue weighted by Crippen LogP contribution is -2.32. The number of nitrogens with zero attached hydrogens (tertiary/aromatic N) is 2. The zero-order valence-corrected chi connectivity index (χ0v) is 23.8. The van der Waals surface area contributed by atoms with Crippen molar-refractivity contribution in [2.24, 2.45) is 5.10 Å². The SMILES string of the molecule is CCN(CC)c1ccc(/C=C(\NC(=O)c2ccccc2)C(=O)N/N=C/c2ccc(-c3ccc(OC)c(Cl)c3)o2)cc1. The van der Waals surface area contributed by atoms with Crippen molar-refractivity contribution in [1.29, 1.82) is 0 Å². The number of nitrogens with one attached hydrogen (secondary N) is 2. The van der Waals surface area contributed by atoms with Crippen LogP contribution in [0, 0.1) is 0 Å². The smallest absolute Gasteiger partial charge is 0.287 e. The van der Waals surface area contributed by atoms with Gasteiger partial charge in [-0.05, 0) is 80.1 Å². The van der Waals surface area contributed by atoms with Gasteiger partial charge in [-0.15, -0.1) is 0 Å². The summed E-state index contributed by atoms with van der Waals surface area (Å²) in [6.07, 6.45) is 2.98. The highest BCUT2D eigenvalue weighted by molar-refractivity contribution is 6.32. The number of carbonyl (C=O) groups is 2. The molecular formula is C32H31ClN4O4. The molecule has 3 aromatic carbocycles. The van der Waals surface area contributed by atoms with Gasteiger partial charge < -0.3 is 19.4 Å². The normalized spacial score (nSPS) is 11.4. The van der Waals surface area contributed by atoms with E-state index in [9.17, 15) is 9.59 Å². The fraction of sp³-hybridized carbons (Fsp3) is 0.156. The first-order valence-corrected chi connectivity index (χ1v) is 13.5. The van der Waals surface area contributed by atoms with E-state index < -0.39 is 11.8 Å². The summed E-state index contributed by atoms with van der Waals surface area (Å²) in [7, 11) is 1.55. The van der Waals surface area contributed by atoms with Crippen LogP contribution in [-0.2, 0) is 4.79 Å². The van der Waals surface area contributed by atoms with Gasteiger partial charge in [0.25, 0.3) is 11.8 Å². The van der Waals surface area contributed by atoms with Gasteiger partial charge in [0.15, 0.2) is 0 Å². The molecular weight excluding hydrogens is 540 g/mol. The number of benzene rings is 3. The maximum absolute atomic E-state index is 13.1. The van der Waals surface area contributed by atoms with E-state index in [1.165, 1.54) is 6.21 Å². The molecule has 4 aromatic rings. The first kappa shape index (κ1) is 29.2. The summed E-state index contributed by atoms with van der Waals surface area (Å²) < 4.78 is 11.0. The summed E-state index contributed by atoms with van der Waals surface area (Å²) >= 11 is 6.22. The molecule has 1 aromatic heterocycles. The topological polar surface area (TPSA) is 96.2 Å². The molecule has 0 aliphatic rings. The Morgan fingerprint density at radius 2 is 1.71 bits per heavy atom. The minimum atomic E-state index is -0.591. The van der Waals surface area contributed by atoms with Crippen LogP contribution in [0.4, 0.5) is 5.69 Å². The number of amides is 2. The van der Waals surface area contributed by atoms with E-state index >= 15 is 0 Å². The van der Waals surface area contributed by atoms with Crippen LogP contribution in [0.1, 0.15) is 35.5 Å². The van der Waals surface area contributed by atoms with Crippen molar-refractivity contribution in [2.45, 2.75) is 13.8 Å². The number of carbonyl (C=O) groups excluding carboxylic acids is 2. The molecule has 0 unspecified atom stereocenters. The molecule has 0 spiro atoms. The monoisotopic (exact) mass is 570 g/mol. The van der Waals surface area contributed by atoms with Crippen molar-refractivity contribution in [1.82, 2.24) is 10.7 Å². The first-order chi connectivity index (χ1) is 19.9. The summed E-state index contributed by atoms with van der Waals surface area (Å²) in [5, 5.41) is 7.20. The molecule has 0 aliphatic heterocycles. The molecule has 4 rings (SSSR count). The van der Waals surface area contributed by atoms with Crippen molar-refractivity contribution < 1.29 is 18.7 Å². The number of rotatable bonds is 11. The number of hydrazone groups is 1. The van der Waals surface area contributed by atoms with Crippen LogP contribution in [0.25, 0.3) is 17.4 Å². The van der Waals surface area contributed by atoms with Gasteiger partial charge in [0.1, 0.15) is 23.0 Å². The largest absolute Gasteiger partial charge is 0.495 e. The molecule has 0 atom stereocenters. The number of halogens is 1. The first-order valence-electron chi connectivity index (χ1n) is 13.1. The van der Waals surface area contributed by atoms with E-state index in [1.54, 1.807) is 61.7 Å². The zero-order chi connectivity index (χ0) is 29.2. The standard InChI is InChI=1S/C32H31ClN4O4/c1-4-37(5-2)25-14-11-22(12-15-25)19-28(35-31(38)23-9-7-6-8-10-23)32(39)36-34-21-26-16-18-29(41-26)24-13-17-30(40-3)27(33)20-24/h6-21H,4-5H2,1-3H3,(H,35,38)(H,36,39)/b28-19-,34-21+. The van der Waals surface area contributed by atoms with Crippen LogP contribution in [0.2, 0.25) is 5.02 Å².